The fraction of sp³-hybridized carbons (Fsp3) is 0.500. The molecule has 16 nitrogen and oxygen atoms in total. The summed E-state index contributed by atoms with van der Waals surface area (Å²) in [4.78, 5) is 47.7. The number of phosphoric ester groups is 1. The topological polar surface area (TPSA) is 253 Å². The van der Waals surface area contributed by atoms with Crippen molar-refractivity contribution in [2.24, 2.45) is 0 Å². The van der Waals surface area contributed by atoms with Crippen molar-refractivity contribution in [3.63, 3.8) is 0 Å². The highest BCUT2D eigenvalue weighted by molar-refractivity contribution is 7.60. The maximum absolute atomic E-state index is 11.5. The molecule has 1 aliphatic heterocycles. The molecule has 1 saturated heterocycles. The zero-order chi connectivity index (χ0) is 20.9. The number of nitrogens with one attached hydrogen (secondary N) is 1. The average Bonchev–Trinajstić information content (AvgIpc) is 3.06. The van der Waals surface area contributed by atoms with Crippen molar-refractivity contribution in [1.82, 2.24) is 19.5 Å². The van der Waals surface area contributed by atoms with E-state index in [4.69, 9.17) is 20.3 Å². The number of imidazole rings is 1. The van der Waals surface area contributed by atoms with E-state index in [0.717, 1.165) is 10.9 Å². The smallest absolute Gasteiger partial charge is 0.387 e. The van der Waals surface area contributed by atoms with Crippen molar-refractivity contribution in [1.29, 1.82) is 0 Å². The highest BCUT2D eigenvalue weighted by atomic mass is 31.3. The van der Waals surface area contributed by atoms with Crippen LogP contribution in [0.25, 0.3) is 11.2 Å². The van der Waals surface area contributed by atoms with E-state index in [-0.39, 0.29) is 17.0 Å². The van der Waals surface area contributed by atoms with Gasteiger partial charge in [0.1, 0.15) is 29.6 Å². The fourth-order valence-corrected chi connectivity index (χ4v) is 4.16. The van der Waals surface area contributed by atoms with Crippen LogP contribution in [0.5, 0.6) is 0 Å². The highest BCUT2D eigenvalue weighted by Crippen LogP contribution is 2.57. The van der Waals surface area contributed by atoms with Gasteiger partial charge in [-0.25, -0.2) is 18.9 Å². The molecule has 1 fully saturated rings. The van der Waals surface area contributed by atoms with Crippen molar-refractivity contribution >= 4 is 32.6 Å². The molecule has 3 rings (SSSR count). The molecule has 2 aromatic rings. The third-order valence-electron chi connectivity index (χ3n) is 3.69. The van der Waals surface area contributed by atoms with Gasteiger partial charge in [-0.1, -0.05) is 0 Å². The lowest BCUT2D eigenvalue weighted by atomic mass is 10.1. The molecule has 28 heavy (non-hydrogen) atoms. The van der Waals surface area contributed by atoms with Gasteiger partial charge < -0.3 is 35.4 Å². The van der Waals surface area contributed by atoms with Crippen LogP contribution in [0.1, 0.15) is 6.23 Å². The van der Waals surface area contributed by atoms with Gasteiger partial charge in [0.15, 0.2) is 11.9 Å². The van der Waals surface area contributed by atoms with Crippen LogP contribution in [0.2, 0.25) is 0 Å². The molecule has 18 heteroatoms. The third-order valence-corrected chi connectivity index (χ3v) is 5.85. The molecule has 1 aliphatic rings. The summed E-state index contributed by atoms with van der Waals surface area (Å²) in [5.41, 5.74) is 4.87. The Balaban J connectivity index is 1.79. The van der Waals surface area contributed by atoms with Crippen LogP contribution in [0.15, 0.2) is 11.1 Å². The van der Waals surface area contributed by atoms with Crippen molar-refractivity contribution in [3.8, 4) is 0 Å². The first-order valence-corrected chi connectivity index (χ1v) is 10.4. The molecule has 0 radical (unpaired) electrons. The first-order chi connectivity index (χ1) is 12.9. The van der Waals surface area contributed by atoms with E-state index in [9.17, 15) is 29.0 Å². The number of aromatic amines is 1. The first kappa shape index (κ1) is 21.0. The van der Waals surface area contributed by atoms with Crippen molar-refractivity contribution in [2.45, 2.75) is 24.5 Å². The number of H-pyrrole nitrogens is 1. The number of aromatic nitrogens is 4. The summed E-state index contributed by atoms with van der Waals surface area (Å²) >= 11 is 0. The number of hydrogen-bond donors (Lipinski definition) is 7. The van der Waals surface area contributed by atoms with Gasteiger partial charge in [0, 0.05) is 0 Å². The Morgan fingerprint density at radius 1 is 1.29 bits per heavy atom. The Morgan fingerprint density at radius 3 is 2.61 bits per heavy atom. The van der Waals surface area contributed by atoms with Crippen LogP contribution in [-0.2, 0) is 22.7 Å². The minimum atomic E-state index is -5.32. The Bertz CT molecular complexity index is 1030. The van der Waals surface area contributed by atoms with E-state index >= 15 is 0 Å². The molecule has 0 amide bonds. The molecule has 0 spiro atoms. The molecule has 0 aliphatic carbocycles. The largest absolute Gasteiger partial charge is 0.481 e. The van der Waals surface area contributed by atoms with Gasteiger partial charge in [-0.3, -0.25) is 14.1 Å². The van der Waals surface area contributed by atoms with Crippen LogP contribution in [0.3, 0.4) is 0 Å². The minimum absolute atomic E-state index is 0.0586. The SMILES string of the molecule is Nc1[nH]c(=O)nc2c1ncn2C1OC(COP(=O)(O)OP(=O)(O)O)C(O)C1O. The lowest BCUT2D eigenvalue weighted by Gasteiger charge is -2.17. The Morgan fingerprint density at radius 2 is 1.96 bits per heavy atom. The molecule has 3 heterocycles. The van der Waals surface area contributed by atoms with Gasteiger partial charge >= 0.3 is 21.3 Å². The Hall–Kier alpha value is -1.71. The minimum Gasteiger partial charge on any atom is -0.387 e. The molecule has 0 aromatic carbocycles. The lowest BCUT2D eigenvalue weighted by molar-refractivity contribution is -0.0503. The van der Waals surface area contributed by atoms with Crippen LogP contribution in [0.4, 0.5) is 5.82 Å². The van der Waals surface area contributed by atoms with E-state index in [0.29, 0.717) is 0 Å². The van der Waals surface area contributed by atoms with Crippen LogP contribution >= 0.6 is 15.6 Å². The number of fused-ring (bicyclic) bond motifs is 1. The second-order valence-corrected chi connectivity index (χ2v) is 8.49. The maximum Gasteiger partial charge on any atom is 0.481 e. The van der Waals surface area contributed by atoms with Gasteiger partial charge in [0.05, 0.1) is 12.9 Å². The zero-order valence-corrected chi connectivity index (χ0v) is 15.4. The number of anilines is 1. The quantitative estimate of drug-likeness (QED) is 0.229. The van der Waals surface area contributed by atoms with E-state index in [1.54, 1.807) is 0 Å². The van der Waals surface area contributed by atoms with E-state index in [1.165, 1.54) is 0 Å². The number of nitrogens with two attached hydrogens (primary N) is 1. The van der Waals surface area contributed by atoms with E-state index in [2.05, 4.69) is 23.8 Å². The predicted octanol–water partition coefficient (Wildman–Crippen LogP) is -2.45. The summed E-state index contributed by atoms with van der Waals surface area (Å²) in [7, 11) is -10.5. The molecule has 5 atom stereocenters. The number of aliphatic hydroxyl groups excluding tert-OH is 2. The molecule has 156 valence electrons. The summed E-state index contributed by atoms with van der Waals surface area (Å²) in [6.45, 7) is -0.870. The van der Waals surface area contributed by atoms with E-state index < -0.39 is 52.5 Å². The summed E-state index contributed by atoms with van der Waals surface area (Å²) in [6, 6.07) is 0. The van der Waals surface area contributed by atoms with Gasteiger partial charge in [-0.15, -0.1) is 0 Å². The van der Waals surface area contributed by atoms with Gasteiger partial charge in [0.25, 0.3) is 0 Å². The molecule has 5 unspecified atom stereocenters. The fourth-order valence-electron chi connectivity index (χ4n) is 2.56. The molecule has 2 aromatic heterocycles. The Kier molecular flexibility index (Phi) is 5.46. The van der Waals surface area contributed by atoms with Crippen LogP contribution < -0.4 is 11.4 Å². The number of nitrogen functional groups attached to an aromatic ring is 1. The van der Waals surface area contributed by atoms with Gasteiger partial charge in [0.2, 0.25) is 0 Å². The number of hydrogen-bond acceptors (Lipinski definition) is 11. The van der Waals surface area contributed by atoms with Crippen molar-refractivity contribution in [2.75, 3.05) is 12.3 Å². The number of ether oxygens (including phenoxy) is 1. The van der Waals surface area contributed by atoms with Gasteiger partial charge in [-0.05, 0) is 0 Å². The molecule has 0 bridgehead atoms. The number of phosphoric acid groups is 2. The zero-order valence-electron chi connectivity index (χ0n) is 13.6. The molecule has 0 saturated carbocycles. The van der Waals surface area contributed by atoms with E-state index in [1.807, 2.05) is 0 Å². The lowest BCUT2D eigenvalue weighted by Crippen LogP contribution is -2.33. The van der Waals surface area contributed by atoms with Gasteiger partial charge in [-0.2, -0.15) is 9.29 Å². The number of nitrogens with zero attached hydrogens (tertiary/aromatic N) is 3. The van der Waals surface area contributed by atoms with Crippen LogP contribution in [0, 0.1) is 0 Å². The standard InChI is InChI=1S/C10H15N5O11P2/c11-7-4-8(14-10(18)13-7)15(2-12-4)9-6(17)5(16)3(25-9)1-24-28(22,23)26-27(19,20)21/h2-3,5-6,9,16-17H,1H2,(H,22,23)(H2,19,20,21)(H3,11,13,14,18). The molecular weight excluding hydrogens is 428 g/mol. The average molecular weight is 443 g/mol. The summed E-state index contributed by atoms with van der Waals surface area (Å²) in [6.07, 6.45) is -4.84. The highest BCUT2D eigenvalue weighted by Gasteiger charge is 2.46. The normalized spacial score (nSPS) is 27.9. The number of aliphatic hydroxyl groups is 2. The Labute approximate surface area is 154 Å². The third kappa shape index (κ3) is 4.31. The first-order valence-electron chi connectivity index (χ1n) is 7.36. The second-order valence-electron chi connectivity index (χ2n) is 5.66. The van der Waals surface area contributed by atoms with Crippen molar-refractivity contribution in [3.05, 3.63) is 16.8 Å². The maximum atomic E-state index is 11.5. The number of rotatable bonds is 6. The molecule has 8 N–H and O–H groups in total. The molecular formula is C10H15N5O11P2. The summed E-state index contributed by atoms with van der Waals surface area (Å²) in [5.74, 6) is -0.0857. The summed E-state index contributed by atoms with van der Waals surface area (Å²) in [5, 5.41) is 20.3. The van der Waals surface area contributed by atoms with Crippen molar-refractivity contribution < 1.29 is 47.6 Å². The second kappa shape index (κ2) is 7.27. The summed E-state index contributed by atoms with van der Waals surface area (Å²) < 4.78 is 36.6. The van der Waals surface area contributed by atoms with Crippen LogP contribution in [-0.4, -0.2) is 69.3 Å². The predicted molar refractivity (Wildman–Crippen MR) is 87.4 cm³/mol. The monoisotopic (exact) mass is 443 g/mol.